The number of hydrogen-bond donors (Lipinski definition) is 1. The van der Waals surface area contributed by atoms with E-state index < -0.39 is 0 Å². The van der Waals surface area contributed by atoms with Crippen molar-refractivity contribution in [2.45, 2.75) is 45.1 Å². The monoisotopic (exact) mass is 209 g/mol. The molecule has 0 amide bonds. The van der Waals surface area contributed by atoms with Gasteiger partial charge in [-0.3, -0.25) is 0 Å². The molecule has 1 aliphatic carbocycles. The van der Waals surface area contributed by atoms with E-state index in [-0.39, 0.29) is 0 Å². The van der Waals surface area contributed by atoms with Gasteiger partial charge in [0.15, 0.2) is 0 Å². The lowest BCUT2D eigenvalue weighted by atomic mass is 9.84. The minimum atomic E-state index is 0.300. The highest BCUT2D eigenvalue weighted by Gasteiger charge is 2.22. The molecule has 1 aromatic heterocycles. The molecule has 2 heteroatoms. The predicted octanol–water partition coefficient (Wildman–Crippen LogP) is 3.64. The highest BCUT2D eigenvalue weighted by atomic mass is 32.1. The van der Waals surface area contributed by atoms with E-state index in [0.717, 1.165) is 5.92 Å². The van der Waals surface area contributed by atoms with Crippen LogP contribution in [0.5, 0.6) is 0 Å². The summed E-state index contributed by atoms with van der Waals surface area (Å²) in [5, 5.41) is 2.21. The van der Waals surface area contributed by atoms with Gasteiger partial charge in [0.05, 0.1) is 0 Å². The van der Waals surface area contributed by atoms with Gasteiger partial charge in [0.1, 0.15) is 0 Å². The predicted molar refractivity (Wildman–Crippen MR) is 62.6 cm³/mol. The minimum absolute atomic E-state index is 0.300. The van der Waals surface area contributed by atoms with Crippen molar-refractivity contribution in [2.24, 2.45) is 11.7 Å². The first-order valence-electron chi connectivity index (χ1n) is 5.58. The third-order valence-corrected chi connectivity index (χ3v) is 4.39. The van der Waals surface area contributed by atoms with Crippen molar-refractivity contribution in [1.82, 2.24) is 0 Å². The van der Waals surface area contributed by atoms with E-state index in [1.165, 1.54) is 42.5 Å². The Kier molecular flexibility index (Phi) is 3.24. The van der Waals surface area contributed by atoms with E-state index in [4.69, 9.17) is 5.73 Å². The zero-order valence-corrected chi connectivity index (χ0v) is 9.65. The number of hydrogen-bond acceptors (Lipinski definition) is 2. The molecule has 0 spiro atoms. The van der Waals surface area contributed by atoms with Gasteiger partial charge in [-0.05, 0) is 42.7 Å². The van der Waals surface area contributed by atoms with Crippen LogP contribution in [0.25, 0.3) is 0 Å². The lowest BCUT2D eigenvalue weighted by Gasteiger charge is -2.26. The quantitative estimate of drug-likeness (QED) is 0.790. The first-order valence-corrected chi connectivity index (χ1v) is 6.46. The van der Waals surface area contributed by atoms with Crippen molar-refractivity contribution >= 4 is 11.3 Å². The summed E-state index contributed by atoms with van der Waals surface area (Å²) in [5.74, 6) is 0.738. The van der Waals surface area contributed by atoms with Gasteiger partial charge < -0.3 is 5.73 Å². The fourth-order valence-corrected chi connectivity index (χ4v) is 3.35. The maximum Gasteiger partial charge on any atom is 0.0418 e. The zero-order valence-electron chi connectivity index (χ0n) is 8.83. The average Bonchev–Trinajstić information content (AvgIpc) is 2.65. The Labute approximate surface area is 90.3 Å². The van der Waals surface area contributed by atoms with Crippen LogP contribution in [0.4, 0.5) is 0 Å². The Bertz CT molecular complexity index is 286. The fourth-order valence-electron chi connectivity index (χ4n) is 2.35. The van der Waals surface area contributed by atoms with Gasteiger partial charge in [0.25, 0.3) is 0 Å². The molecule has 1 heterocycles. The highest BCUT2D eigenvalue weighted by molar-refractivity contribution is 7.10. The Morgan fingerprint density at radius 3 is 2.64 bits per heavy atom. The molecule has 0 aromatic carbocycles. The van der Waals surface area contributed by atoms with Gasteiger partial charge in [0, 0.05) is 10.9 Å². The van der Waals surface area contributed by atoms with E-state index in [9.17, 15) is 0 Å². The number of rotatable bonds is 2. The molecule has 1 aliphatic rings. The van der Waals surface area contributed by atoms with E-state index in [1.54, 1.807) is 0 Å². The molecule has 0 bridgehead atoms. The van der Waals surface area contributed by atoms with Crippen LogP contribution in [-0.2, 0) is 0 Å². The Balaban J connectivity index is 2.03. The van der Waals surface area contributed by atoms with Crippen LogP contribution in [0, 0.1) is 12.8 Å². The molecule has 78 valence electrons. The SMILES string of the molecule is Cc1csc(C(N)C2CCCCC2)c1. The van der Waals surface area contributed by atoms with Gasteiger partial charge >= 0.3 is 0 Å². The van der Waals surface area contributed by atoms with Crippen LogP contribution in [0.3, 0.4) is 0 Å². The van der Waals surface area contributed by atoms with Crippen LogP contribution >= 0.6 is 11.3 Å². The van der Waals surface area contributed by atoms with Crippen LogP contribution in [-0.4, -0.2) is 0 Å². The molecule has 1 fully saturated rings. The highest BCUT2D eigenvalue weighted by Crippen LogP contribution is 2.34. The molecule has 1 aromatic rings. The molecule has 2 rings (SSSR count). The fraction of sp³-hybridized carbons (Fsp3) is 0.667. The molecule has 2 N–H and O–H groups in total. The van der Waals surface area contributed by atoms with Gasteiger partial charge in [-0.25, -0.2) is 0 Å². The smallest absolute Gasteiger partial charge is 0.0418 e. The number of nitrogens with two attached hydrogens (primary N) is 1. The third kappa shape index (κ3) is 2.18. The van der Waals surface area contributed by atoms with Crippen LogP contribution in [0.1, 0.15) is 48.6 Å². The Hall–Kier alpha value is -0.340. The Morgan fingerprint density at radius 2 is 2.07 bits per heavy atom. The molecule has 0 saturated heterocycles. The second-order valence-electron chi connectivity index (χ2n) is 4.45. The molecule has 1 saturated carbocycles. The maximum atomic E-state index is 6.29. The van der Waals surface area contributed by atoms with Crippen LogP contribution in [0.2, 0.25) is 0 Å². The number of thiophene rings is 1. The summed E-state index contributed by atoms with van der Waals surface area (Å²) in [4.78, 5) is 1.38. The van der Waals surface area contributed by atoms with Crippen molar-refractivity contribution in [1.29, 1.82) is 0 Å². The van der Waals surface area contributed by atoms with Crippen molar-refractivity contribution in [3.8, 4) is 0 Å². The molecule has 0 radical (unpaired) electrons. The second-order valence-corrected chi connectivity index (χ2v) is 5.39. The summed E-state index contributed by atoms with van der Waals surface area (Å²) >= 11 is 1.83. The van der Waals surface area contributed by atoms with E-state index in [1.807, 2.05) is 11.3 Å². The van der Waals surface area contributed by atoms with Crippen molar-refractivity contribution in [3.05, 3.63) is 21.9 Å². The molecule has 1 unspecified atom stereocenters. The summed E-state index contributed by atoms with van der Waals surface area (Å²) in [7, 11) is 0. The van der Waals surface area contributed by atoms with Gasteiger partial charge in [-0.2, -0.15) is 0 Å². The molecule has 1 nitrogen and oxygen atoms in total. The summed E-state index contributed by atoms with van der Waals surface area (Å²) in [5.41, 5.74) is 7.65. The summed E-state index contributed by atoms with van der Waals surface area (Å²) in [6.45, 7) is 2.15. The summed E-state index contributed by atoms with van der Waals surface area (Å²) < 4.78 is 0. The molecule has 14 heavy (non-hydrogen) atoms. The molecule has 0 aliphatic heterocycles. The van der Waals surface area contributed by atoms with Gasteiger partial charge in [-0.15, -0.1) is 11.3 Å². The normalized spacial score (nSPS) is 21.0. The largest absolute Gasteiger partial charge is 0.323 e. The van der Waals surface area contributed by atoms with Crippen molar-refractivity contribution in [2.75, 3.05) is 0 Å². The van der Waals surface area contributed by atoms with Crippen LogP contribution < -0.4 is 5.73 Å². The maximum absolute atomic E-state index is 6.29. The van der Waals surface area contributed by atoms with Gasteiger partial charge in [0.2, 0.25) is 0 Å². The minimum Gasteiger partial charge on any atom is -0.323 e. The molecular weight excluding hydrogens is 190 g/mol. The number of aryl methyl sites for hydroxylation is 1. The Morgan fingerprint density at radius 1 is 1.36 bits per heavy atom. The first-order chi connectivity index (χ1) is 6.77. The zero-order chi connectivity index (χ0) is 9.97. The lowest BCUT2D eigenvalue weighted by Crippen LogP contribution is -2.22. The molecule has 1 atom stereocenters. The average molecular weight is 209 g/mol. The first kappa shape index (κ1) is 10.2. The lowest BCUT2D eigenvalue weighted by molar-refractivity contribution is 0.310. The summed E-state index contributed by atoms with van der Waals surface area (Å²) in [6, 6.07) is 2.55. The van der Waals surface area contributed by atoms with E-state index in [0.29, 0.717) is 6.04 Å². The van der Waals surface area contributed by atoms with E-state index >= 15 is 0 Å². The summed E-state index contributed by atoms with van der Waals surface area (Å²) in [6.07, 6.45) is 6.83. The third-order valence-electron chi connectivity index (χ3n) is 3.24. The van der Waals surface area contributed by atoms with Gasteiger partial charge in [-0.1, -0.05) is 19.3 Å². The standard InChI is InChI=1S/C12H19NS/c1-9-7-11(14-8-9)12(13)10-5-3-2-4-6-10/h7-8,10,12H,2-6,13H2,1H3. The van der Waals surface area contributed by atoms with Crippen molar-refractivity contribution < 1.29 is 0 Å². The topological polar surface area (TPSA) is 26.0 Å². The second kappa shape index (κ2) is 4.45. The van der Waals surface area contributed by atoms with Crippen LogP contribution in [0.15, 0.2) is 11.4 Å². The molecular formula is C12H19NS. The van der Waals surface area contributed by atoms with Crippen molar-refractivity contribution in [3.63, 3.8) is 0 Å². The van der Waals surface area contributed by atoms with E-state index in [2.05, 4.69) is 18.4 Å².